The number of methoxy groups -OCH3 is 2. The Morgan fingerprint density at radius 3 is 2.35 bits per heavy atom. The fraction of sp³-hybridized carbons (Fsp3) is 0.440. The normalized spacial score (nSPS) is 23.7. The third-order valence-corrected chi connectivity index (χ3v) is 6.51. The van der Waals surface area contributed by atoms with E-state index in [2.05, 4.69) is 18.0 Å². The monoisotopic (exact) mass is 473 g/mol. The van der Waals surface area contributed by atoms with E-state index in [1.165, 1.54) is 12.8 Å². The van der Waals surface area contributed by atoms with Crippen molar-refractivity contribution in [1.82, 2.24) is 4.90 Å². The number of benzene rings is 1. The highest BCUT2D eigenvalue weighted by Crippen LogP contribution is 2.47. The molecule has 2 bridgehead atoms. The number of para-hydroxylation sites is 1. The van der Waals surface area contributed by atoms with Gasteiger partial charge in [-0.25, -0.2) is 9.59 Å². The predicted octanol–water partition coefficient (Wildman–Crippen LogP) is 3.65. The van der Waals surface area contributed by atoms with Crippen LogP contribution in [0.2, 0.25) is 0 Å². The van der Waals surface area contributed by atoms with Crippen LogP contribution in [0.3, 0.4) is 0 Å². The highest BCUT2D eigenvalue weighted by molar-refractivity contribution is 5.89. The van der Waals surface area contributed by atoms with Gasteiger partial charge in [-0.15, -0.1) is 0 Å². The topological polar surface area (TPSA) is 119 Å². The zero-order valence-corrected chi connectivity index (χ0v) is 19.5. The number of fused-ring (bicyclic) bond motifs is 2. The molecule has 2 aliphatic rings. The molecule has 34 heavy (non-hydrogen) atoms. The van der Waals surface area contributed by atoms with E-state index in [1.54, 1.807) is 20.5 Å². The van der Waals surface area contributed by atoms with Crippen LogP contribution in [0.25, 0.3) is 0 Å². The molecule has 184 valence electrons. The molecule has 2 fully saturated rings. The molecule has 3 heterocycles. The summed E-state index contributed by atoms with van der Waals surface area (Å²) in [6.07, 6.45) is 6.51. The fourth-order valence-electron chi connectivity index (χ4n) is 4.93. The first kappa shape index (κ1) is 25.2. The largest absolute Gasteiger partial charge is 0.493 e. The van der Waals surface area contributed by atoms with E-state index in [1.807, 2.05) is 24.3 Å². The number of hydrogen-bond donors (Lipinski definition) is 2. The van der Waals surface area contributed by atoms with Crippen LogP contribution in [0, 0.1) is 5.92 Å². The number of piperidine rings is 1. The Morgan fingerprint density at radius 1 is 1.06 bits per heavy atom. The molecular formula is C25H31NO8. The second-order valence-corrected chi connectivity index (χ2v) is 8.30. The first-order valence-electron chi connectivity index (χ1n) is 11.1. The smallest absolute Gasteiger partial charge is 0.328 e. The van der Waals surface area contributed by atoms with E-state index >= 15 is 0 Å². The molecule has 2 N–H and O–H groups in total. The summed E-state index contributed by atoms with van der Waals surface area (Å²) in [4.78, 5) is 21.6. The number of rotatable bonds is 8. The van der Waals surface area contributed by atoms with Crippen molar-refractivity contribution in [3.8, 4) is 17.2 Å². The Morgan fingerprint density at radius 2 is 1.76 bits per heavy atom. The number of hydrogen-bond acceptors (Lipinski definition) is 7. The average Bonchev–Trinajstić information content (AvgIpc) is 3.43. The second kappa shape index (κ2) is 11.6. The van der Waals surface area contributed by atoms with Gasteiger partial charge in [-0.3, -0.25) is 0 Å². The van der Waals surface area contributed by atoms with Gasteiger partial charge in [0.1, 0.15) is 5.76 Å². The van der Waals surface area contributed by atoms with Crippen LogP contribution in [0.1, 0.15) is 30.9 Å². The Labute approximate surface area is 198 Å². The molecule has 0 aliphatic carbocycles. The van der Waals surface area contributed by atoms with Gasteiger partial charge < -0.3 is 33.7 Å². The maximum atomic E-state index is 9.55. The second-order valence-electron chi connectivity index (χ2n) is 8.30. The summed E-state index contributed by atoms with van der Waals surface area (Å²) < 4.78 is 22.9. The molecule has 9 nitrogen and oxygen atoms in total. The van der Waals surface area contributed by atoms with Gasteiger partial charge in [0.25, 0.3) is 0 Å². The lowest BCUT2D eigenvalue weighted by molar-refractivity contribution is -0.134. The minimum Gasteiger partial charge on any atom is -0.493 e. The summed E-state index contributed by atoms with van der Waals surface area (Å²) in [5.74, 6) is 1.43. The third-order valence-electron chi connectivity index (χ3n) is 6.51. The van der Waals surface area contributed by atoms with Crippen LogP contribution >= 0.6 is 0 Å². The van der Waals surface area contributed by atoms with Crippen LogP contribution in [-0.2, 0) is 9.59 Å². The number of ether oxygens (including phenoxy) is 3. The van der Waals surface area contributed by atoms with Crippen molar-refractivity contribution in [3.63, 3.8) is 0 Å². The van der Waals surface area contributed by atoms with Gasteiger partial charge in [-0.2, -0.15) is 0 Å². The number of furan rings is 1. The standard InChI is InChI=1S/C21H27NO4.C4H4O4/c1-22-14-9-10-17(22)16(15(12-14)18-8-5-11-25-18)13-26-20-7-4-6-19(23-2)21(20)24-3;5-3(6)1-2-4(7)8/h4-8,11,14-17H,9-10,12-13H2,1-3H3;1-2H,(H,5,6)(H,7,8)/b;2-1+/t14?,15-,16+,17?;/m0./s1. The molecule has 0 amide bonds. The van der Waals surface area contributed by atoms with E-state index in [-0.39, 0.29) is 0 Å². The SMILES string of the molecule is COc1cccc(OC[C@H]2C3CCC(C[C@@H]2c2ccco2)N3C)c1OC.O=C(O)/C=C/C(=O)O. The van der Waals surface area contributed by atoms with E-state index < -0.39 is 11.9 Å². The Balaban J connectivity index is 0.000000350. The molecular weight excluding hydrogens is 442 g/mol. The van der Waals surface area contributed by atoms with Crippen molar-refractivity contribution >= 4 is 11.9 Å². The van der Waals surface area contributed by atoms with E-state index in [9.17, 15) is 9.59 Å². The summed E-state index contributed by atoms with van der Waals surface area (Å²) in [5.41, 5.74) is 0. The van der Waals surface area contributed by atoms with Crippen LogP contribution in [-0.4, -0.2) is 67.0 Å². The van der Waals surface area contributed by atoms with Gasteiger partial charge in [0, 0.05) is 36.1 Å². The highest BCUT2D eigenvalue weighted by atomic mass is 16.5. The lowest BCUT2D eigenvalue weighted by Gasteiger charge is -2.42. The molecule has 2 aliphatic heterocycles. The first-order chi connectivity index (χ1) is 16.3. The van der Waals surface area contributed by atoms with Crippen molar-refractivity contribution in [2.45, 2.75) is 37.3 Å². The summed E-state index contributed by atoms with van der Waals surface area (Å²) in [6, 6.07) is 11.0. The quantitative estimate of drug-likeness (QED) is 0.554. The number of aliphatic carboxylic acids is 2. The van der Waals surface area contributed by atoms with E-state index in [0.717, 1.165) is 17.9 Å². The van der Waals surface area contributed by atoms with Gasteiger partial charge in [0.2, 0.25) is 5.75 Å². The van der Waals surface area contributed by atoms with Crippen LogP contribution in [0.15, 0.2) is 53.2 Å². The molecule has 4 atom stereocenters. The Kier molecular flexibility index (Phi) is 8.59. The van der Waals surface area contributed by atoms with Gasteiger partial charge in [-0.05, 0) is 50.6 Å². The molecule has 2 saturated heterocycles. The van der Waals surface area contributed by atoms with Crippen molar-refractivity contribution in [2.24, 2.45) is 5.92 Å². The average molecular weight is 474 g/mol. The Bertz CT molecular complexity index is 971. The van der Waals surface area contributed by atoms with Crippen molar-refractivity contribution in [1.29, 1.82) is 0 Å². The van der Waals surface area contributed by atoms with Crippen LogP contribution in [0.4, 0.5) is 0 Å². The first-order valence-corrected chi connectivity index (χ1v) is 11.1. The van der Waals surface area contributed by atoms with E-state index in [0.29, 0.717) is 54.2 Å². The summed E-state index contributed by atoms with van der Waals surface area (Å²) in [5, 5.41) is 15.6. The summed E-state index contributed by atoms with van der Waals surface area (Å²) in [7, 11) is 5.54. The number of carbonyl (C=O) groups is 2. The zero-order chi connectivity index (χ0) is 24.7. The molecule has 0 saturated carbocycles. The molecule has 0 radical (unpaired) electrons. The number of carboxylic acid groups (broad SMARTS) is 2. The fourth-order valence-corrected chi connectivity index (χ4v) is 4.93. The lowest BCUT2D eigenvalue weighted by atomic mass is 9.79. The van der Waals surface area contributed by atoms with Gasteiger partial charge >= 0.3 is 11.9 Å². The highest BCUT2D eigenvalue weighted by Gasteiger charge is 2.47. The number of nitrogens with zero attached hydrogens (tertiary/aromatic N) is 1. The molecule has 1 aromatic heterocycles. The Hall–Kier alpha value is -3.46. The van der Waals surface area contributed by atoms with Crippen LogP contribution < -0.4 is 14.2 Å². The van der Waals surface area contributed by atoms with Gasteiger partial charge in [-0.1, -0.05) is 6.07 Å². The van der Waals surface area contributed by atoms with Crippen molar-refractivity contribution < 1.29 is 38.4 Å². The number of carboxylic acids is 2. The molecule has 2 unspecified atom stereocenters. The minimum absolute atomic E-state index is 0.390. The maximum Gasteiger partial charge on any atom is 0.328 e. The molecule has 2 aromatic rings. The summed E-state index contributed by atoms with van der Waals surface area (Å²) >= 11 is 0. The molecule has 4 rings (SSSR count). The van der Waals surface area contributed by atoms with E-state index in [4.69, 9.17) is 28.8 Å². The van der Waals surface area contributed by atoms with Crippen molar-refractivity contribution in [2.75, 3.05) is 27.9 Å². The lowest BCUT2D eigenvalue weighted by Crippen LogP contribution is -2.47. The van der Waals surface area contributed by atoms with Gasteiger partial charge in [0.05, 0.1) is 27.1 Å². The molecule has 1 aromatic carbocycles. The summed E-state index contributed by atoms with van der Waals surface area (Å²) in [6.45, 7) is 0.636. The van der Waals surface area contributed by atoms with Crippen LogP contribution in [0.5, 0.6) is 17.2 Å². The molecule has 9 heteroatoms. The predicted molar refractivity (Wildman–Crippen MR) is 124 cm³/mol. The van der Waals surface area contributed by atoms with Gasteiger partial charge in [0.15, 0.2) is 11.5 Å². The van der Waals surface area contributed by atoms with Crippen molar-refractivity contribution in [3.05, 3.63) is 54.5 Å². The zero-order valence-electron chi connectivity index (χ0n) is 19.5. The minimum atomic E-state index is -1.26. The third kappa shape index (κ3) is 5.91. The maximum absolute atomic E-state index is 9.55. The molecule has 0 spiro atoms.